The first-order valence-electron chi connectivity index (χ1n) is 3.52. The molecule has 0 atom stereocenters. The molecule has 13 heavy (non-hydrogen) atoms. The second-order valence-electron chi connectivity index (χ2n) is 2.47. The van der Waals surface area contributed by atoms with Crippen molar-refractivity contribution in [2.75, 3.05) is 0 Å². The van der Waals surface area contributed by atoms with Crippen LogP contribution in [0.3, 0.4) is 0 Å². The van der Waals surface area contributed by atoms with Gasteiger partial charge in [0, 0.05) is 17.7 Å². The number of alkyl halides is 2. The SMILES string of the molecule is NCc1c(F)cc(C(F)F)cc1F. The fraction of sp³-hybridized carbons (Fsp3) is 0.250. The molecule has 72 valence electrons. The Hall–Kier alpha value is -1.10. The maximum atomic E-state index is 12.8. The summed E-state index contributed by atoms with van der Waals surface area (Å²) >= 11 is 0. The van der Waals surface area contributed by atoms with Gasteiger partial charge in [0.25, 0.3) is 6.43 Å². The van der Waals surface area contributed by atoms with E-state index in [1.807, 2.05) is 0 Å². The Balaban J connectivity index is 3.20. The molecule has 0 saturated carbocycles. The average Bonchev–Trinajstić information content (AvgIpc) is 2.03. The maximum absolute atomic E-state index is 12.8. The van der Waals surface area contributed by atoms with Gasteiger partial charge in [-0.1, -0.05) is 0 Å². The molecule has 0 heterocycles. The number of rotatable bonds is 2. The minimum absolute atomic E-state index is 0.346. The maximum Gasteiger partial charge on any atom is 0.264 e. The average molecular weight is 193 g/mol. The van der Waals surface area contributed by atoms with Gasteiger partial charge in [0.1, 0.15) is 11.6 Å². The van der Waals surface area contributed by atoms with Crippen LogP contribution in [0.5, 0.6) is 0 Å². The number of halogens is 4. The fourth-order valence-electron chi connectivity index (χ4n) is 0.944. The third-order valence-corrected chi connectivity index (χ3v) is 1.62. The zero-order chi connectivity index (χ0) is 10.0. The molecule has 0 amide bonds. The van der Waals surface area contributed by atoms with Crippen molar-refractivity contribution in [2.24, 2.45) is 5.73 Å². The monoisotopic (exact) mass is 193 g/mol. The van der Waals surface area contributed by atoms with Crippen LogP contribution in [0.25, 0.3) is 0 Å². The summed E-state index contributed by atoms with van der Waals surface area (Å²) in [5, 5.41) is 0. The van der Waals surface area contributed by atoms with Crippen LogP contribution < -0.4 is 5.73 Å². The molecule has 5 heteroatoms. The van der Waals surface area contributed by atoms with Crippen molar-refractivity contribution in [2.45, 2.75) is 13.0 Å². The first kappa shape index (κ1) is 9.98. The highest BCUT2D eigenvalue weighted by Gasteiger charge is 2.14. The van der Waals surface area contributed by atoms with Crippen LogP contribution in [0.15, 0.2) is 12.1 Å². The van der Waals surface area contributed by atoms with Gasteiger partial charge < -0.3 is 5.73 Å². The van der Waals surface area contributed by atoms with Crippen molar-refractivity contribution in [3.05, 3.63) is 34.9 Å². The molecule has 0 bridgehead atoms. The zero-order valence-electron chi connectivity index (χ0n) is 6.53. The number of nitrogens with two attached hydrogens (primary N) is 1. The summed E-state index contributed by atoms with van der Waals surface area (Å²) in [7, 11) is 0. The van der Waals surface area contributed by atoms with E-state index in [4.69, 9.17) is 5.73 Å². The largest absolute Gasteiger partial charge is 0.326 e. The Morgan fingerprint density at radius 3 is 1.92 bits per heavy atom. The second kappa shape index (κ2) is 3.74. The summed E-state index contributed by atoms with van der Waals surface area (Å²) in [6, 6.07) is 1.19. The third-order valence-electron chi connectivity index (χ3n) is 1.62. The zero-order valence-corrected chi connectivity index (χ0v) is 6.53. The summed E-state index contributed by atoms with van der Waals surface area (Å²) in [5.74, 6) is -2.06. The molecular formula is C8H7F4N. The van der Waals surface area contributed by atoms with Crippen molar-refractivity contribution in [1.29, 1.82) is 0 Å². The lowest BCUT2D eigenvalue weighted by atomic mass is 10.1. The van der Waals surface area contributed by atoms with Crippen molar-refractivity contribution < 1.29 is 17.6 Å². The fourth-order valence-corrected chi connectivity index (χ4v) is 0.944. The van der Waals surface area contributed by atoms with E-state index in [1.165, 1.54) is 0 Å². The van der Waals surface area contributed by atoms with E-state index in [1.54, 1.807) is 0 Å². The van der Waals surface area contributed by atoms with E-state index in [9.17, 15) is 17.6 Å². The van der Waals surface area contributed by atoms with Crippen LogP contribution in [0.2, 0.25) is 0 Å². The van der Waals surface area contributed by atoms with Crippen LogP contribution >= 0.6 is 0 Å². The van der Waals surface area contributed by atoms with E-state index in [0.29, 0.717) is 12.1 Å². The molecule has 1 nitrogen and oxygen atoms in total. The minimum Gasteiger partial charge on any atom is -0.326 e. The lowest BCUT2D eigenvalue weighted by Gasteiger charge is -2.05. The van der Waals surface area contributed by atoms with E-state index in [0.717, 1.165) is 0 Å². The predicted molar refractivity (Wildman–Crippen MR) is 39.2 cm³/mol. The van der Waals surface area contributed by atoms with Gasteiger partial charge in [-0.2, -0.15) is 0 Å². The summed E-state index contributed by atoms with van der Waals surface area (Å²) in [4.78, 5) is 0. The summed E-state index contributed by atoms with van der Waals surface area (Å²) in [5.41, 5.74) is 3.97. The Morgan fingerprint density at radius 1 is 1.15 bits per heavy atom. The number of hydrogen-bond acceptors (Lipinski definition) is 1. The Bertz CT molecular complexity index is 288. The van der Waals surface area contributed by atoms with E-state index in [2.05, 4.69) is 0 Å². The molecule has 0 aliphatic heterocycles. The topological polar surface area (TPSA) is 26.0 Å². The van der Waals surface area contributed by atoms with Gasteiger partial charge in [0.15, 0.2) is 0 Å². The van der Waals surface area contributed by atoms with Gasteiger partial charge in [-0.05, 0) is 12.1 Å². The molecule has 0 aliphatic rings. The van der Waals surface area contributed by atoms with Crippen molar-refractivity contribution in [3.8, 4) is 0 Å². The van der Waals surface area contributed by atoms with Gasteiger partial charge in [0.2, 0.25) is 0 Å². The highest BCUT2D eigenvalue weighted by molar-refractivity contribution is 5.26. The van der Waals surface area contributed by atoms with Crippen molar-refractivity contribution >= 4 is 0 Å². The normalized spacial score (nSPS) is 10.9. The van der Waals surface area contributed by atoms with Crippen molar-refractivity contribution in [1.82, 2.24) is 0 Å². The molecule has 0 saturated heterocycles. The minimum atomic E-state index is -2.88. The van der Waals surface area contributed by atoms with E-state index in [-0.39, 0.29) is 12.1 Å². The molecule has 0 aromatic heterocycles. The molecule has 0 spiro atoms. The van der Waals surface area contributed by atoms with Crippen LogP contribution in [0.1, 0.15) is 17.6 Å². The number of hydrogen-bond donors (Lipinski definition) is 1. The van der Waals surface area contributed by atoms with Crippen LogP contribution in [0.4, 0.5) is 17.6 Å². The quantitative estimate of drug-likeness (QED) is 0.717. The second-order valence-corrected chi connectivity index (χ2v) is 2.47. The highest BCUT2D eigenvalue weighted by Crippen LogP contribution is 2.23. The van der Waals surface area contributed by atoms with Gasteiger partial charge in [-0.3, -0.25) is 0 Å². The Kier molecular flexibility index (Phi) is 2.87. The standard InChI is InChI=1S/C8H7F4N/c9-6-1-4(8(11)12)2-7(10)5(6)3-13/h1-2,8H,3,13H2. The van der Waals surface area contributed by atoms with E-state index >= 15 is 0 Å². The molecule has 1 rings (SSSR count). The van der Waals surface area contributed by atoms with E-state index < -0.39 is 23.6 Å². The van der Waals surface area contributed by atoms with Gasteiger partial charge >= 0.3 is 0 Å². The van der Waals surface area contributed by atoms with Crippen LogP contribution in [0, 0.1) is 11.6 Å². The lowest BCUT2D eigenvalue weighted by Crippen LogP contribution is -2.04. The van der Waals surface area contributed by atoms with Crippen molar-refractivity contribution in [3.63, 3.8) is 0 Å². The predicted octanol–water partition coefficient (Wildman–Crippen LogP) is 2.36. The summed E-state index contributed by atoms with van der Waals surface area (Å²) in [6.45, 7) is -0.346. The third kappa shape index (κ3) is 1.98. The molecule has 0 fully saturated rings. The molecule has 1 aromatic carbocycles. The van der Waals surface area contributed by atoms with Crippen LogP contribution in [-0.2, 0) is 6.54 Å². The highest BCUT2D eigenvalue weighted by atomic mass is 19.3. The Labute approximate surface area is 72.2 Å². The van der Waals surface area contributed by atoms with Crippen LogP contribution in [-0.4, -0.2) is 0 Å². The van der Waals surface area contributed by atoms with Gasteiger partial charge in [-0.15, -0.1) is 0 Å². The molecule has 1 aromatic rings. The summed E-state index contributed by atoms with van der Waals surface area (Å²) in [6.07, 6.45) is -2.88. The molecule has 2 N–H and O–H groups in total. The van der Waals surface area contributed by atoms with Gasteiger partial charge in [-0.25, -0.2) is 17.6 Å². The number of benzene rings is 1. The molecular weight excluding hydrogens is 186 g/mol. The van der Waals surface area contributed by atoms with Gasteiger partial charge in [0.05, 0.1) is 0 Å². The molecule has 0 unspecified atom stereocenters. The Morgan fingerprint density at radius 2 is 1.62 bits per heavy atom. The lowest BCUT2D eigenvalue weighted by molar-refractivity contribution is 0.150. The molecule has 0 aliphatic carbocycles. The summed E-state index contributed by atoms with van der Waals surface area (Å²) < 4.78 is 49.6. The first-order chi connectivity index (χ1) is 6.06. The molecule has 0 radical (unpaired) electrons. The smallest absolute Gasteiger partial charge is 0.264 e. The first-order valence-corrected chi connectivity index (χ1v) is 3.52.